The van der Waals surface area contributed by atoms with Crippen molar-refractivity contribution in [1.82, 2.24) is 19.7 Å². The molecule has 4 heterocycles. The summed E-state index contributed by atoms with van der Waals surface area (Å²) in [6, 6.07) is 7.61. The number of aromatic nitrogens is 3. The largest absolute Gasteiger partial charge is 0.337 e. The predicted octanol–water partition coefficient (Wildman–Crippen LogP) is 2.45. The van der Waals surface area contributed by atoms with Gasteiger partial charge in [-0.2, -0.15) is 10.4 Å². The summed E-state index contributed by atoms with van der Waals surface area (Å²) in [4.78, 5) is 33.6. The van der Waals surface area contributed by atoms with Gasteiger partial charge in [0.25, 0.3) is 5.91 Å². The number of hydrogen-bond acceptors (Lipinski definition) is 6. The number of rotatable bonds is 5. The highest BCUT2D eigenvalue weighted by Crippen LogP contribution is 2.51. The number of nitrogens with zero attached hydrogens (tertiary/aromatic N) is 6. The maximum absolute atomic E-state index is 13.1. The summed E-state index contributed by atoms with van der Waals surface area (Å²) < 4.78 is 1.58. The van der Waals surface area contributed by atoms with Gasteiger partial charge in [0, 0.05) is 50.7 Å². The summed E-state index contributed by atoms with van der Waals surface area (Å²) in [5.74, 6) is 1.12. The number of pyridine rings is 1. The van der Waals surface area contributed by atoms with Gasteiger partial charge in [0.2, 0.25) is 5.91 Å². The lowest BCUT2D eigenvalue weighted by molar-refractivity contribution is -0.123. The molecule has 160 valence electrons. The molecule has 0 unspecified atom stereocenters. The lowest BCUT2D eigenvalue weighted by Gasteiger charge is -2.21. The van der Waals surface area contributed by atoms with Gasteiger partial charge < -0.3 is 15.1 Å². The number of hydrogen-bond donors (Lipinski definition) is 1. The number of carbonyl (C=O) groups is 2. The first kappa shape index (κ1) is 19.5. The molecule has 3 fully saturated rings. The van der Waals surface area contributed by atoms with E-state index in [9.17, 15) is 14.9 Å². The van der Waals surface area contributed by atoms with E-state index in [2.05, 4.69) is 21.5 Å². The first-order chi connectivity index (χ1) is 15.0. The minimum absolute atomic E-state index is 0.0159. The Balaban J connectivity index is 1.34. The van der Waals surface area contributed by atoms with E-state index in [0.717, 1.165) is 38.8 Å². The van der Waals surface area contributed by atoms with Crippen LogP contribution in [0.2, 0.25) is 0 Å². The summed E-state index contributed by atoms with van der Waals surface area (Å²) in [5.41, 5.74) is 0.367. The van der Waals surface area contributed by atoms with Gasteiger partial charge in [-0.25, -0.2) is 4.98 Å². The predicted molar refractivity (Wildman–Crippen MR) is 114 cm³/mol. The molecule has 2 amide bonds. The van der Waals surface area contributed by atoms with Crippen molar-refractivity contribution in [2.75, 3.05) is 29.9 Å². The maximum atomic E-state index is 13.1. The Morgan fingerprint density at radius 1 is 1.23 bits per heavy atom. The standard InChI is InChI=1S/C22H25N7O2/c1-27-17(20(30)28-9-2-3-10-28)13-19(26-27)25-18-12-16(6-8-24-18)29-11-7-22(14-23,21(29)31)15-4-5-15/h6,8,12-13,15H,2-5,7,9-11H2,1H3,(H,24,25,26)/t22-/m1/s1. The van der Waals surface area contributed by atoms with Gasteiger partial charge in [-0.3, -0.25) is 14.3 Å². The summed E-state index contributed by atoms with van der Waals surface area (Å²) in [5, 5.41) is 17.2. The monoisotopic (exact) mass is 419 g/mol. The summed E-state index contributed by atoms with van der Waals surface area (Å²) in [6.07, 6.45) is 6.18. The molecule has 0 aromatic carbocycles. The van der Waals surface area contributed by atoms with Crippen LogP contribution >= 0.6 is 0 Å². The lowest BCUT2D eigenvalue weighted by Crippen LogP contribution is -2.35. The van der Waals surface area contributed by atoms with E-state index < -0.39 is 5.41 Å². The van der Waals surface area contributed by atoms with E-state index >= 15 is 0 Å². The van der Waals surface area contributed by atoms with Crippen molar-refractivity contribution in [3.8, 4) is 6.07 Å². The molecule has 1 saturated carbocycles. The maximum Gasteiger partial charge on any atom is 0.272 e. The van der Waals surface area contributed by atoms with Crippen LogP contribution in [0.15, 0.2) is 24.4 Å². The van der Waals surface area contributed by atoms with Gasteiger partial charge in [0.1, 0.15) is 16.9 Å². The van der Waals surface area contributed by atoms with Gasteiger partial charge in [-0.05, 0) is 44.1 Å². The third kappa shape index (κ3) is 3.32. The third-order valence-electron chi connectivity index (χ3n) is 6.63. The average molecular weight is 419 g/mol. The fourth-order valence-corrected chi connectivity index (χ4v) is 4.73. The highest BCUT2D eigenvalue weighted by Gasteiger charge is 2.56. The highest BCUT2D eigenvalue weighted by molar-refractivity contribution is 6.02. The Kier molecular flexibility index (Phi) is 4.65. The number of aryl methyl sites for hydroxylation is 1. The van der Waals surface area contributed by atoms with Crippen molar-refractivity contribution in [2.45, 2.75) is 32.1 Å². The Morgan fingerprint density at radius 3 is 2.71 bits per heavy atom. The zero-order chi connectivity index (χ0) is 21.6. The zero-order valence-corrected chi connectivity index (χ0v) is 17.5. The van der Waals surface area contributed by atoms with Crippen molar-refractivity contribution < 1.29 is 9.59 Å². The second-order valence-electron chi connectivity index (χ2n) is 8.63. The van der Waals surface area contributed by atoms with Crippen LogP contribution in [0.5, 0.6) is 0 Å². The Bertz CT molecular complexity index is 1080. The molecule has 0 radical (unpaired) electrons. The normalized spacial score (nSPS) is 23.3. The van der Waals surface area contributed by atoms with Gasteiger partial charge in [0.05, 0.1) is 6.07 Å². The van der Waals surface area contributed by atoms with Crippen LogP contribution in [0.4, 0.5) is 17.3 Å². The van der Waals surface area contributed by atoms with E-state index in [4.69, 9.17) is 0 Å². The molecule has 5 rings (SSSR count). The first-order valence-corrected chi connectivity index (χ1v) is 10.8. The molecule has 3 aliphatic rings. The minimum atomic E-state index is -0.872. The fraction of sp³-hybridized carbons (Fsp3) is 0.500. The Labute approximate surface area is 180 Å². The van der Waals surface area contributed by atoms with Crippen LogP contribution in [0, 0.1) is 22.7 Å². The minimum Gasteiger partial charge on any atom is -0.337 e. The van der Waals surface area contributed by atoms with E-state index in [1.54, 1.807) is 41.0 Å². The molecule has 2 aromatic rings. The van der Waals surface area contributed by atoms with E-state index in [0.29, 0.717) is 36.0 Å². The fourth-order valence-electron chi connectivity index (χ4n) is 4.73. The van der Waals surface area contributed by atoms with E-state index in [1.807, 2.05) is 4.90 Å². The molecule has 9 nitrogen and oxygen atoms in total. The number of amides is 2. The van der Waals surface area contributed by atoms with Crippen molar-refractivity contribution >= 4 is 29.1 Å². The molecule has 31 heavy (non-hydrogen) atoms. The summed E-state index contributed by atoms with van der Waals surface area (Å²) in [7, 11) is 1.75. The second kappa shape index (κ2) is 7.38. The SMILES string of the molecule is Cn1nc(Nc2cc(N3CC[C@@](C#N)(C4CC4)C3=O)ccn2)cc1C(=O)N1CCCC1. The molecule has 2 aliphatic heterocycles. The molecular formula is C22H25N7O2. The van der Waals surface area contributed by atoms with Gasteiger partial charge in [-0.1, -0.05) is 0 Å². The van der Waals surface area contributed by atoms with Crippen LogP contribution in [0.1, 0.15) is 42.6 Å². The molecule has 2 saturated heterocycles. The van der Waals surface area contributed by atoms with Crippen LogP contribution in [0.3, 0.4) is 0 Å². The molecule has 2 aromatic heterocycles. The van der Waals surface area contributed by atoms with Crippen molar-refractivity contribution in [2.24, 2.45) is 18.4 Å². The molecule has 0 spiro atoms. The van der Waals surface area contributed by atoms with E-state index in [-0.39, 0.29) is 17.7 Å². The van der Waals surface area contributed by atoms with Gasteiger partial charge in [0.15, 0.2) is 5.82 Å². The second-order valence-corrected chi connectivity index (χ2v) is 8.63. The molecule has 9 heteroatoms. The Morgan fingerprint density at radius 2 is 2.00 bits per heavy atom. The number of anilines is 3. The Hall–Kier alpha value is -3.41. The van der Waals surface area contributed by atoms with Gasteiger partial charge >= 0.3 is 0 Å². The van der Waals surface area contributed by atoms with Crippen LogP contribution in [-0.4, -0.2) is 51.1 Å². The topological polar surface area (TPSA) is 107 Å². The van der Waals surface area contributed by atoms with Crippen LogP contribution < -0.4 is 10.2 Å². The lowest BCUT2D eigenvalue weighted by atomic mass is 9.83. The van der Waals surface area contributed by atoms with Crippen LogP contribution in [-0.2, 0) is 11.8 Å². The highest BCUT2D eigenvalue weighted by atomic mass is 16.2. The molecule has 1 aliphatic carbocycles. The third-order valence-corrected chi connectivity index (χ3v) is 6.63. The first-order valence-electron chi connectivity index (χ1n) is 10.8. The van der Waals surface area contributed by atoms with E-state index in [1.165, 1.54) is 0 Å². The van der Waals surface area contributed by atoms with Crippen molar-refractivity contribution in [3.63, 3.8) is 0 Å². The van der Waals surface area contributed by atoms with Crippen molar-refractivity contribution in [3.05, 3.63) is 30.1 Å². The number of carbonyl (C=O) groups excluding carboxylic acids is 2. The molecule has 1 atom stereocenters. The zero-order valence-electron chi connectivity index (χ0n) is 17.5. The molecule has 0 bridgehead atoms. The summed E-state index contributed by atoms with van der Waals surface area (Å²) >= 11 is 0. The van der Waals surface area contributed by atoms with Crippen LogP contribution in [0.25, 0.3) is 0 Å². The number of nitriles is 1. The van der Waals surface area contributed by atoms with Gasteiger partial charge in [-0.15, -0.1) is 0 Å². The smallest absolute Gasteiger partial charge is 0.272 e. The molecule has 1 N–H and O–H groups in total. The molecular weight excluding hydrogens is 394 g/mol. The quantitative estimate of drug-likeness (QED) is 0.798. The summed E-state index contributed by atoms with van der Waals surface area (Å²) in [6.45, 7) is 2.10. The average Bonchev–Trinajstić information content (AvgIpc) is 3.20. The number of likely N-dealkylation sites (tertiary alicyclic amines) is 1. The van der Waals surface area contributed by atoms with Crippen molar-refractivity contribution in [1.29, 1.82) is 5.26 Å². The number of nitrogens with one attached hydrogen (secondary N) is 1.